The first-order valence-corrected chi connectivity index (χ1v) is 16.1. The summed E-state index contributed by atoms with van der Waals surface area (Å²) in [7, 11) is 0. The summed E-state index contributed by atoms with van der Waals surface area (Å²) in [4.78, 5) is 41.0. The van der Waals surface area contributed by atoms with Gasteiger partial charge in [0.1, 0.15) is 11.7 Å². The Balaban J connectivity index is 2.03. The Bertz CT molecular complexity index is 1160. The summed E-state index contributed by atoms with van der Waals surface area (Å²) in [5.41, 5.74) is -5.23. The molecule has 3 aliphatic rings. The summed E-state index contributed by atoms with van der Waals surface area (Å²) in [5, 5.41) is 34.7. The molecule has 242 valence electrons. The summed E-state index contributed by atoms with van der Waals surface area (Å²) in [6.45, 7) is 13.9. The zero-order chi connectivity index (χ0) is 32.4. The molecule has 1 fully saturated rings. The highest BCUT2D eigenvalue weighted by atomic mass is 16.6. The van der Waals surface area contributed by atoms with E-state index < -0.39 is 58.7 Å². The predicted molar refractivity (Wildman–Crippen MR) is 165 cm³/mol. The van der Waals surface area contributed by atoms with Gasteiger partial charge in [-0.3, -0.25) is 9.59 Å². The second-order valence-corrected chi connectivity index (χ2v) is 13.9. The number of esters is 2. The molecule has 43 heavy (non-hydrogen) atoms. The number of rotatable bonds is 12. The molecule has 0 aromatic rings. The molecule has 2 bridgehead atoms. The Morgan fingerprint density at radius 2 is 1.70 bits per heavy atom. The lowest BCUT2D eigenvalue weighted by molar-refractivity contribution is -0.202. The van der Waals surface area contributed by atoms with Crippen LogP contribution >= 0.6 is 0 Å². The molecular weight excluding hydrogens is 548 g/mol. The third-order valence-electron chi connectivity index (χ3n) is 10.9. The summed E-state index contributed by atoms with van der Waals surface area (Å²) < 4.78 is 12.1. The van der Waals surface area contributed by atoms with Gasteiger partial charge in [0.25, 0.3) is 0 Å². The van der Waals surface area contributed by atoms with Crippen molar-refractivity contribution in [3.8, 4) is 0 Å². The number of Topliss-reactive ketones (excluding diaryl/α,β-unsaturated/α-hetero) is 1. The summed E-state index contributed by atoms with van der Waals surface area (Å²) in [5.74, 6) is -2.92. The van der Waals surface area contributed by atoms with Crippen LogP contribution in [0.4, 0.5) is 0 Å². The minimum absolute atomic E-state index is 0.0635. The first-order chi connectivity index (χ1) is 20.1. The summed E-state index contributed by atoms with van der Waals surface area (Å²) in [6, 6.07) is 0. The highest BCUT2D eigenvalue weighted by molar-refractivity contribution is 5.96. The van der Waals surface area contributed by atoms with Crippen LogP contribution in [0.5, 0.6) is 0 Å². The van der Waals surface area contributed by atoms with Gasteiger partial charge in [0.05, 0.1) is 12.0 Å². The fourth-order valence-electron chi connectivity index (χ4n) is 7.67. The molecule has 8 heteroatoms. The number of unbranched alkanes of at least 4 members (excludes halogenated alkanes) is 6. The third-order valence-corrected chi connectivity index (χ3v) is 10.9. The van der Waals surface area contributed by atoms with E-state index in [2.05, 4.69) is 6.92 Å². The highest BCUT2D eigenvalue weighted by Crippen LogP contribution is 2.64. The molecule has 0 radical (unpaired) electrons. The van der Waals surface area contributed by atoms with Crippen LogP contribution in [-0.2, 0) is 23.9 Å². The van der Waals surface area contributed by atoms with Crippen molar-refractivity contribution in [2.45, 2.75) is 137 Å². The van der Waals surface area contributed by atoms with Crippen LogP contribution in [0, 0.1) is 22.7 Å². The lowest BCUT2D eigenvalue weighted by atomic mass is 9.59. The smallest absolute Gasteiger partial charge is 0.334 e. The molecule has 3 unspecified atom stereocenters. The first-order valence-electron chi connectivity index (χ1n) is 16.1. The Morgan fingerprint density at radius 1 is 1.09 bits per heavy atom. The van der Waals surface area contributed by atoms with Gasteiger partial charge in [0.2, 0.25) is 0 Å². The molecule has 0 saturated heterocycles. The van der Waals surface area contributed by atoms with Crippen molar-refractivity contribution < 1.29 is 39.2 Å². The Labute approximate surface area is 257 Å². The number of ketones is 1. The van der Waals surface area contributed by atoms with Crippen molar-refractivity contribution in [1.82, 2.24) is 0 Å². The Morgan fingerprint density at radius 3 is 2.28 bits per heavy atom. The number of aliphatic hydroxyl groups excluding tert-OH is 2. The maximum Gasteiger partial charge on any atom is 0.334 e. The van der Waals surface area contributed by atoms with Gasteiger partial charge in [-0.05, 0) is 57.6 Å². The number of hydrogen-bond donors (Lipinski definition) is 3. The topological polar surface area (TPSA) is 130 Å². The van der Waals surface area contributed by atoms with Crippen molar-refractivity contribution in [3.05, 3.63) is 34.9 Å². The Kier molecular flexibility index (Phi) is 10.9. The third kappa shape index (κ3) is 5.91. The molecule has 0 aromatic heterocycles. The minimum Gasteiger partial charge on any atom is -0.459 e. The lowest BCUT2D eigenvalue weighted by Crippen LogP contribution is -2.65. The average Bonchev–Trinajstić information content (AvgIpc) is 3.12. The second-order valence-electron chi connectivity index (χ2n) is 13.9. The van der Waals surface area contributed by atoms with E-state index in [0.29, 0.717) is 11.1 Å². The standard InChI is InChI=1S/C35H54O8/c1-9-11-12-13-14-15-16-17-27(37)43-33(8)20-24(5)34-19-23(4)30(42-31(40)22(3)10-2)35(34,41)28(38)25(21-36)18-26(29(34)39)32(33,6)7/h10,18-19,24,26,28,30,36,38,41H,9,11-17,20-21H2,1-8H3/b22-10-/t24-,26-,28?,30+,33-,34?,35?/m1/s1. The highest BCUT2D eigenvalue weighted by Gasteiger charge is 2.74. The van der Waals surface area contributed by atoms with Gasteiger partial charge in [-0.25, -0.2) is 4.79 Å². The van der Waals surface area contributed by atoms with Gasteiger partial charge >= 0.3 is 11.9 Å². The van der Waals surface area contributed by atoms with Crippen molar-refractivity contribution in [2.24, 2.45) is 22.7 Å². The Hall–Kier alpha value is -2.29. The molecule has 0 amide bonds. The number of ether oxygens (including phenoxy) is 2. The molecule has 7 atom stereocenters. The van der Waals surface area contributed by atoms with Crippen molar-refractivity contribution in [3.63, 3.8) is 0 Å². The maximum absolute atomic E-state index is 14.8. The van der Waals surface area contributed by atoms with E-state index >= 15 is 0 Å². The molecule has 0 aliphatic heterocycles. The van der Waals surface area contributed by atoms with Crippen molar-refractivity contribution in [1.29, 1.82) is 0 Å². The van der Waals surface area contributed by atoms with Gasteiger partial charge < -0.3 is 24.8 Å². The number of allylic oxidation sites excluding steroid dienone is 2. The largest absolute Gasteiger partial charge is 0.459 e. The average molecular weight is 603 g/mol. The van der Waals surface area contributed by atoms with E-state index in [1.54, 1.807) is 32.9 Å². The van der Waals surface area contributed by atoms with E-state index in [1.807, 2.05) is 27.7 Å². The molecule has 1 saturated carbocycles. The van der Waals surface area contributed by atoms with E-state index in [1.165, 1.54) is 25.3 Å². The van der Waals surface area contributed by atoms with Gasteiger partial charge in [-0.2, -0.15) is 0 Å². The van der Waals surface area contributed by atoms with Gasteiger partial charge in [-0.1, -0.05) is 84.4 Å². The van der Waals surface area contributed by atoms with Gasteiger partial charge in [-0.15, -0.1) is 0 Å². The van der Waals surface area contributed by atoms with Crippen LogP contribution in [0.3, 0.4) is 0 Å². The molecular formula is C35H54O8. The van der Waals surface area contributed by atoms with Crippen LogP contribution in [0.2, 0.25) is 0 Å². The zero-order valence-electron chi connectivity index (χ0n) is 27.5. The molecule has 0 heterocycles. The number of hydrogen-bond acceptors (Lipinski definition) is 8. The van der Waals surface area contributed by atoms with Gasteiger partial charge in [0.15, 0.2) is 17.5 Å². The van der Waals surface area contributed by atoms with Crippen molar-refractivity contribution >= 4 is 17.7 Å². The summed E-state index contributed by atoms with van der Waals surface area (Å²) in [6.07, 6.45) is 9.76. The fraction of sp³-hybridized carbons (Fsp3) is 0.743. The van der Waals surface area contributed by atoms with Gasteiger partial charge in [0, 0.05) is 23.3 Å². The first kappa shape index (κ1) is 35.2. The van der Waals surface area contributed by atoms with E-state index in [9.17, 15) is 29.7 Å². The second kappa shape index (κ2) is 13.4. The molecule has 3 N–H and O–H groups in total. The molecule has 3 rings (SSSR count). The van der Waals surface area contributed by atoms with E-state index in [0.717, 1.165) is 25.7 Å². The lowest BCUT2D eigenvalue weighted by Gasteiger charge is -2.49. The van der Waals surface area contributed by atoms with E-state index in [-0.39, 0.29) is 30.2 Å². The number of aliphatic hydroxyl groups is 3. The van der Waals surface area contributed by atoms with E-state index in [4.69, 9.17) is 9.47 Å². The number of carbonyl (C=O) groups is 3. The van der Waals surface area contributed by atoms with Crippen LogP contribution in [0.1, 0.15) is 113 Å². The number of carbonyl (C=O) groups excluding carboxylic acids is 3. The number of fused-ring (bicyclic) bond motifs is 1. The summed E-state index contributed by atoms with van der Waals surface area (Å²) >= 11 is 0. The normalized spacial score (nSPS) is 35.3. The minimum atomic E-state index is -2.29. The van der Waals surface area contributed by atoms with Crippen molar-refractivity contribution in [2.75, 3.05) is 6.61 Å². The van der Waals surface area contributed by atoms with Crippen LogP contribution in [0.15, 0.2) is 34.9 Å². The molecule has 1 spiro atoms. The molecule has 0 aromatic carbocycles. The van der Waals surface area contributed by atoms with Crippen LogP contribution < -0.4 is 0 Å². The quantitative estimate of drug-likeness (QED) is 0.115. The fourth-order valence-corrected chi connectivity index (χ4v) is 7.67. The maximum atomic E-state index is 14.8. The monoisotopic (exact) mass is 602 g/mol. The predicted octanol–water partition coefficient (Wildman–Crippen LogP) is 5.53. The zero-order valence-corrected chi connectivity index (χ0v) is 27.5. The van der Waals surface area contributed by atoms with Crippen LogP contribution in [0.25, 0.3) is 0 Å². The SMILES string of the molecule is C/C=C(/C)C(=O)O[C@H]1C(C)=CC23C(=O)[C@@H](C=C(CO)C(O)C12O)C(C)(C)[C@](C)(OC(=O)CCCCCCCCC)C[C@H]3C. The molecule has 8 nitrogen and oxygen atoms in total. The molecule has 3 aliphatic carbocycles. The van der Waals surface area contributed by atoms with Crippen LogP contribution in [-0.4, -0.2) is 63.1 Å².